The molecule has 0 atom stereocenters. The second kappa shape index (κ2) is 2.92. The van der Waals surface area contributed by atoms with Crippen molar-refractivity contribution in [2.75, 3.05) is 0 Å². The number of ketones is 1. The molecule has 0 aliphatic heterocycles. The number of carbonyl (C=O) groups excluding carboxylic acids is 1. The van der Waals surface area contributed by atoms with Crippen LogP contribution < -0.4 is 0 Å². The van der Waals surface area contributed by atoms with E-state index in [0.717, 1.165) is 10.9 Å². The minimum absolute atomic E-state index is 0.0803. The summed E-state index contributed by atoms with van der Waals surface area (Å²) >= 11 is 3.25. The van der Waals surface area contributed by atoms with E-state index in [4.69, 9.17) is 0 Å². The molecule has 1 aromatic heterocycles. The van der Waals surface area contributed by atoms with Crippen molar-refractivity contribution in [3.05, 3.63) is 33.7 Å². The van der Waals surface area contributed by atoms with Gasteiger partial charge in [-0.1, -0.05) is 15.9 Å². The van der Waals surface area contributed by atoms with Gasteiger partial charge < -0.3 is 4.98 Å². The van der Waals surface area contributed by atoms with Gasteiger partial charge in [0.1, 0.15) is 5.82 Å². The molecule has 1 aromatic carbocycles. The highest BCUT2D eigenvalue weighted by Crippen LogP contribution is 2.33. The summed E-state index contributed by atoms with van der Waals surface area (Å²) in [5.41, 5.74) is 1.98. The van der Waals surface area contributed by atoms with E-state index in [2.05, 4.69) is 20.9 Å². The lowest BCUT2D eigenvalue weighted by Crippen LogP contribution is -1.91. The smallest absolute Gasteiger partial charge is 0.179 e. The lowest BCUT2D eigenvalue weighted by molar-refractivity contribution is 0.0991. The first-order chi connectivity index (χ1) is 7.16. The Morgan fingerprint density at radius 2 is 2.13 bits per heavy atom. The molecule has 0 spiro atoms. The zero-order valence-corrected chi connectivity index (χ0v) is 9.32. The van der Waals surface area contributed by atoms with Crippen LogP contribution in [0, 0.1) is 5.82 Å². The molecule has 1 aliphatic carbocycles. The average Bonchev–Trinajstić information content (AvgIpc) is 2.68. The Hall–Kier alpha value is -1.16. The molecule has 2 aromatic rings. The van der Waals surface area contributed by atoms with Crippen LogP contribution in [0.4, 0.5) is 4.39 Å². The molecule has 3 rings (SSSR count). The van der Waals surface area contributed by atoms with Crippen LogP contribution in [0.5, 0.6) is 0 Å². The molecule has 0 amide bonds. The number of aromatic amines is 1. The molecule has 0 bridgehead atoms. The topological polar surface area (TPSA) is 32.9 Å². The van der Waals surface area contributed by atoms with Gasteiger partial charge >= 0.3 is 0 Å². The number of halogens is 2. The van der Waals surface area contributed by atoms with E-state index in [1.165, 1.54) is 6.07 Å². The van der Waals surface area contributed by atoms with Crippen molar-refractivity contribution in [3.8, 4) is 0 Å². The lowest BCUT2D eigenvalue weighted by atomic mass is 10.1. The summed E-state index contributed by atoms with van der Waals surface area (Å²) in [6.07, 6.45) is 1.25. The highest BCUT2D eigenvalue weighted by atomic mass is 79.9. The maximum Gasteiger partial charge on any atom is 0.179 e. The average molecular weight is 268 g/mol. The van der Waals surface area contributed by atoms with Crippen molar-refractivity contribution in [1.82, 2.24) is 4.98 Å². The van der Waals surface area contributed by atoms with E-state index in [1.807, 2.05) is 6.07 Å². The Kier molecular flexibility index (Phi) is 1.77. The van der Waals surface area contributed by atoms with Crippen LogP contribution in [0.2, 0.25) is 0 Å². The van der Waals surface area contributed by atoms with Gasteiger partial charge in [0.25, 0.3) is 0 Å². The van der Waals surface area contributed by atoms with E-state index in [1.54, 1.807) is 0 Å². The molecule has 0 saturated carbocycles. The van der Waals surface area contributed by atoms with Gasteiger partial charge in [0.15, 0.2) is 5.78 Å². The van der Waals surface area contributed by atoms with Crippen molar-refractivity contribution in [3.63, 3.8) is 0 Å². The number of hydrogen-bond donors (Lipinski definition) is 1. The van der Waals surface area contributed by atoms with E-state index in [0.29, 0.717) is 28.5 Å². The normalized spacial score (nSPS) is 14.9. The summed E-state index contributed by atoms with van der Waals surface area (Å²) in [5.74, 6) is -0.238. The fourth-order valence-corrected chi connectivity index (χ4v) is 2.56. The zero-order valence-electron chi connectivity index (χ0n) is 7.73. The molecule has 4 heteroatoms. The molecule has 76 valence electrons. The third-order valence-corrected chi connectivity index (χ3v) is 3.27. The Bertz CT molecular complexity index is 588. The predicted octanol–water partition coefficient (Wildman–Crippen LogP) is 3.20. The molecule has 1 aliphatic rings. The Balaban J connectivity index is 2.44. The van der Waals surface area contributed by atoms with Gasteiger partial charge in [-0.25, -0.2) is 4.39 Å². The third kappa shape index (κ3) is 1.17. The monoisotopic (exact) mass is 267 g/mol. The van der Waals surface area contributed by atoms with Crippen molar-refractivity contribution < 1.29 is 9.18 Å². The van der Waals surface area contributed by atoms with Crippen LogP contribution in [-0.4, -0.2) is 10.8 Å². The molecule has 2 nitrogen and oxygen atoms in total. The zero-order chi connectivity index (χ0) is 10.6. The minimum Gasteiger partial charge on any atom is -0.349 e. The number of H-pyrrole nitrogens is 1. The Labute approximate surface area is 93.6 Å². The van der Waals surface area contributed by atoms with Gasteiger partial charge in [0, 0.05) is 16.3 Å². The highest BCUT2D eigenvalue weighted by molar-refractivity contribution is 9.10. The van der Waals surface area contributed by atoms with Crippen molar-refractivity contribution in [2.24, 2.45) is 0 Å². The molecular formula is C11H7BrFNO. The van der Waals surface area contributed by atoms with Gasteiger partial charge in [-0.05, 0) is 24.1 Å². The predicted molar refractivity (Wildman–Crippen MR) is 58.6 cm³/mol. The largest absolute Gasteiger partial charge is 0.349 e. The van der Waals surface area contributed by atoms with Crippen LogP contribution in [-0.2, 0) is 6.42 Å². The number of hydrogen-bond acceptors (Lipinski definition) is 1. The molecule has 0 saturated heterocycles. The third-order valence-electron chi connectivity index (χ3n) is 2.81. The Morgan fingerprint density at radius 1 is 1.33 bits per heavy atom. The maximum atomic E-state index is 13.6. The quantitative estimate of drug-likeness (QED) is 0.781. The van der Waals surface area contributed by atoms with Crippen LogP contribution in [0.3, 0.4) is 0 Å². The van der Waals surface area contributed by atoms with E-state index in [9.17, 15) is 9.18 Å². The lowest BCUT2D eigenvalue weighted by Gasteiger charge is -1.96. The standard InChI is InChI=1S/C11H7BrFNO/c12-5-3-7-6-1-2-9(15)11(6)14-10(7)8(13)4-5/h3-4,14H,1-2H2. The number of aryl methyl sites for hydroxylation is 1. The first-order valence-electron chi connectivity index (χ1n) is 4.69. The van der Waals surface area contributed by atoms with Crippen molar-refractivity contribution in [2.45, 2.75) is 12.8 Å². The molecule has 1 N–H and O–H groups in total. The number of fused-ring (bicyclic) bond motifs is 3. The summed E-state index contributed by atoms with van der Waals surface area (Å²) in [6, 6.07) is 3.25. The number of benzene rings is 1. The molecule has 0 radical (unpaired) electrons. The number of carbonyl (C=O) groups is 1. The van der Waals surface area contributed by atoms with Gasteiger partial charge in [0.05, 0.1) is 11.2 Å². The second-order valence-corrected chi connectivity index (χ2v) is 4.63. The molecule has 1 heterocycles. The first kappa shape index (κ1) is 9.09. The highest BCUT2D eigenvalue weighted by Gasteiger charge is 2.25. The van der Waals surface area contributed by atoms with Gasteiger partial charge in [-0.3, -0.25) is 4.79 Å². The number of nitrogens with one attached hydrogen (secondary N) is 1. The second-order valence-electron chi connectivity index (χ2n) is 3.71. The molecule has 15 heavy (non-hydrogen) atoms. The first-order valence-corrected chi connectivity index (χ1v) is 5.49. The van der Waals surface area contributed by atoms with Gasteiger partial charge in [0.2, 0.25) is 0 Å². The Morgan fingerprint density at radius 3 is 2.93 bits per heavy atom. The number of Topliss-reactive ketones (excluding diaryl/α,β-unsaturated/α-hetero) is 1. The summed E-state index contributed by atoms with van der Waals surface area (Å²) in [4.78, 5) is 14.3. The number of aromatic nitrogens is 1. The minimum atomic E-state index is -0.318. The van der Waals surface area contributed by atoms with E-state index < -0.39 is 0 Å². The fraction of sp³-hybridized carbons (Fsp3) is 0.182. The number of rotatable bonds is 0. The summed E-state index contributed by atoms with van der Waals surface area (Å²) in [6.45, 7) is 0. The van der Waals surface area contributed by atoms with Gasteiger partial charge in [-0.15, -0.1) is 0 Å². The summed E-state index contributed by atoms with van der Waals surface area (Å²) in [7, 11) is 0. The SMILES string of the molecule is O=C1CCc2c1[nH]c1c(F)cc(Br)cc21. The fourth-order valence-electron chi connectivity index (χ4n) is 2.13. The van der Waals surface area contributed by atoms with Crippen LogP contribution >= 0.6 is 15.9 Å². The van der Waals surface area contributed by atoms with Crippen molar-refractivity contribution in [1.29, 1.82) is 0 Å². The van der Waals surface area contributed by atoms with E-state index >= 15 is 0 Å². The molecular weight excluding hydrogens is 261 g/mol. The van der Waals surface area contributed by atoms with Crippen molar-refractivity contribution >= 4 is 32.6 Å². The van der Waals surface area contributed by atoms with Crippen LogP contribution in [0.15, 0.2) is 16.6 Å². The maximum absolute atomic E-state index is 13.6. The van der Waals surface area contributed by atoms with E-state index in [-0.39, 0.29) is 11.6 Å². The molecule has 0 fully saturated rings. The summed E-state index contributed by atoms with van der Waals surface area (Å²) < 4.78 is 14.3. The van der Waals surface area contributed by atoms with Crippen LogP contribution in [0.25, 0.3) is 10.9 Å². The van der Waals surface area contributed by atoms with Crippen LogP contribution in [0.1, 0.15) is 22.5 Å². The molecule has 0 unspecified atom stereocenters. The van der Waals surface area contributed by atoms with Gasteiger partial charge in [-0.2, -0.15) is 0 Å². The summed E-state index contributed by atoms with van der Waals surface area (Å²) in [5, 5.41) is 0.822.